The molecule has 3 aliphatic rings. The highest BCUT2D eigenvalue weighted by atomic mass is 16.7. The number of ether oxygens (including phenoxy) is 4. The molecule has 7 atom stereocenters. The molecule has 0 amide bonds. The Balaban J connectivity index is 1.58. The summed E-state index contributed by atoms with van der Waals surface area (Å²) in [4.78, 5) is 51.8. The normalized spacial score (nSPS) is 26.8. The molecule has 2 aromatic rings. The van der Waals surface area contributed by atoms with E-state index >= 15 is 0 Å². The van der Waals surface area contributed by atoms with E-state index in [1.54, 1.807) is 0 Å². The zero-order valence-electron chi connectivity index (χ0n) is 27.4. The molecule has 0 spiro atoms. The van der Waals surface area contributed by atoms with Crippen LogP contribution in [-0.2, 0) is 48.1 Å². The van der Waals surface area contributed by atoms with Crippen molar-refractivity contribution in [1.82, 2.24) is 4.90 Å². The molecule has 260 valence electrons. The van der Waals surface area contributed by atoms with Crippen LogP contribution in [-0.4, -0.2) is 82.7 Å². The second-order valence-corrected chi connectivity index (χ2v) is 13.1. The SMILES string of the molecule is CCCN1CCC[C@@H]2Cc3c(ccc(OCc4ccccc4)c3O[C@@H]3O[C@H](C(=O)OC)[C@@H](CC(=O)O)[C@H](CC(=O)O)[C@H]3CC(=O)O)C[C@H]21. The van der Waals surface area contributed by atoms with Gasteiger partial charge in [0, 0.05) is 29.9 Å². The first kappa shape index (κ1) is 35.2. The van der Waals surface area contributed by atoms with Gasteiger partial charge in [-0.05, 0) is 74.2 Å². The predicted octanol–water partition coefficient (Wildman–Crippen LogP) is 4.40. The van der Waals surface area contributed by atoms with Crippen LogP contribution in [0.5, 0.6) is 11.5 Å². The zero-order chi connectivity index (χ0) is 34.4. The molecule has 3 N–H and O–H groups in total. The molecule has 12 heteroatoms. The lowest BCUT2D eigenvalue weighted by Gasteiger charge is -2.46. The van der Waals surface area contributed by atoms with Crippen molar-refractivity contribution in [2.24, 2.45) is 23.7 Å². The van der Waals surface area contributed by atoms with Gasteiger partial charge in [0.1, 0.15) is 6.61 Å². The monoisotopic (exact) mass is 667 g/mol. The van der Waals surface area contributed by atoms with Crippen LogP contribution in [0, 0.1) is 23.7 Å². The van der Waals surface area contributed by atoms with Gasteiger partial charge in [0.15, 0.2) is 17.6 Å². The maximum atomic E-state index is 13.0. The molecule has 0 saturated carbocycles. The molecule has 1 aliphatic carbocycles. The molecule has 2 fully saturated rings. The molecule has 0 bridgehead atoms. The molecule has 2 aliphatic heterocycles. The molecule has 2 heterocycles. The number of fused-ring (bicyclic) bond motifs is 2. The van der Waals surface area contributed by atoms with Crippen LogP contribution in [0.15, 0.2) is 42.5 Å². The van der Waals surface area contributed by atoms with E-state index in [0.29, 0.717) is 29.9 Å². The predicted molar refractivity (Wildman–Crippen MR) is 172 cm³/mol. The maximum Gasteiger partial charge on any atom is 0.335 e. The maximum absolute atomic E-state index is 13.0. The van der Waals surface area contributed by atoms with E-state index in [1.807, 2.05) is 42.5 Å². The number of likely N-dealkylation sites (tertiary alicyclic amines) is 1. The lowest BCUT2D eigenvalue weighted by atomic mass is 9.71. The van der Waals surface area contributed by atoms with E-state index in [9.17, 15) is 34.5 Å². The van der Waals surface area contributed by atoms with Crippen LogP contribution in [0.25, 0.3) is 0 Å². The summed E-state index contributed by atoms with van der Waals surface area (Å²) in [5.74, 6) is -6.91. The third-order valence-corrected chi connectivity index (χ3v) is 10.0. The largest absolute Gasteiger partial charge is 0.485 e. The van der Waals surface area contributed by atoms with Gasteiger partial charge < -0.3 is 34.3 Å². The van der Waals surface area contributed by atoms with Crippen molar-refractivity contribution in [3.05, 3.63) is 59.2 Å². The molecule has 2 aromatic carbocycles. The summed E-state index contributed by atoms with van der Waals surface area (Å²) in [7, 11) is 1.13. The van der Waals surface area contributed by atoms with Crippen molar-refractivity contribution in [3.63, 3.8) is 0 Å². The topological polar surface area (TPSA) is 169 Å². The van der Waals surface area contributed by atoms with Crippen molar-refractivity contribution < 1.29 is 53.4 Å². The van der Waals surface area contributed by atoms with Gasteiger partial charge >= 0.3 is 23.9 Å². The fourth-order valence-corrected chi connectivity index (χ4v) is 7.92. The molecular weight excluding hydrogens is 622 g/mol. The number of carboxylic acids is 3. The van der Waals surface area contributed by atoms with E-state index < -0.39 is 73.3 Å². The van der Waals surface area contributed by atoms with E-state index in [0.717, 1.165) is 62.6 Å². The summed E-state index contributed by atoms with van der Waals surface area (Å²) >= 11 is 0. The van der Waals surface area contributed by atoms with Crippen LogP contribution < -0.4 is 9.47 Å². The van der Waals surface area contributed by atoms with Gasteiger partial charge in [0.25, 0.3) is 0 Å². The van der Waals surface area contributed by atoms with Crippen LogP contribution in [0.4, 0.5) is 0 Å². The van der Waals surface area contributed by atoms with Crippen molar-refractivity contribution in [2.75, 3.05) is 20.2 Å². The van der Waals surface area contributed by atoms with Crippen LogP contribution >= 0.6 is 0 Å². The van der Waals surface area contributed by atoms with Crippen LogP contribution in [0.1, 0.15) is 62.1 Å². The molecule has 0 radical (unpaired) electrons. The van der Waals surface area contributed by atoms with Gasteiger partial charge in [-0.3, -0.25) is 19.3 Å². The Bertz CT molecular complexity index is 1460. The number of hydrogen-bond acceptors (Lipinski definition) is 9. The average molecular weight is 668 g/mol. The Morgan fingerprint density at radius 3 is 2.25 bits per heavy atom. The number of nitrogens with zero attached hydrogens (tertiary/aromatic N) is 1. The van der Waals surface area contributed by atoms with E-state index in [4.69, 9.17) is 18.9 Å². The molecule has 0 unspecified atom stereocenters. The van der Waals surface area contributed by atoms with Crippen LogP contribution in [0.3, 0.4) is 0 Å². The smallest absolute Gasteiger partial charge is 0.335 e. The summed E-state index contributed by atoms with van der Waals surface area (Å²) in [6, 6.07) is 13.8. The Labute approximate surface area is 279 Å². The molecular formula is C36H45NO11. The summed E-state index contributed by atoms with van der Waals surface area (Å²) < 4.78 is 24.1. The second kappa shape index (κ2) is 15.8. The number of aliphatic carboxylic acids is 3. The van der Waals surface area contributed by atoms with Crippen molar-refractivity contribution >= 4 is 23.9 Å². The summed E-state index contributed by atoms with van der Waals surface area (Å²) in [5, 5.41) is 29.5. The second-order valence-electron chi connectivity index (χ2n) is 13.1. The number of carbonyl (C=O) groups is 4. The fourth-order valence-electron chi connectivity index (χ4n) is 7.92. The standard InChI is InChI=1S/C36H45NO11/c1-3-13-37-14-7-10-23-15-24-22(16-28(23)37)11-12-29(46-20-21-8-5-4-6-9-21)33(24)47-36-27(19-32(42)43)25(17-30(38)39)26(18-31(40)41)34(48-36)35(44)45-2/h4-6,8-9,11-12,23,25-28,34,36H,3,7,10,13-20H2,1-2H3,(H,38,39)(H,40,41)(H,42,43)/t23-,25+,26+,27-,28-,34+,36-/m1/s1. The highest BCUT2D eigenvalue weighted by molar-refractivity contribution is 5.77. The number of esters is 1. The number of benzene rings is 2. The van der Waals surface area contributed by atoms with Gasteiger partial charge in [-0.15, -0.1) is 0 Å². The number of methoxy groups -OCH3 is 1. The Kier molecular flexibility index (Phi) is 11.6. The van der Waals surface area contributed by atoms with Crippen molar-refractivity contribution in [3.8, 4) is 11.5 Å². The molecule has 5 rings (SSSR count). The zero-order valence-corrected chi connectivity index (χ0v) is 27.4. The van der Waals surface area contributed by atoms with E-state index in [-0.39, 0.29) is 6.61 Å². The Hall–Kier alpha value is -4.16. The first-order valence-electron chi connectivity index (χ1n) is 16.7. The lowest BCUT2D eigenvalue weighted by Crippen LogP contribution is -2.54. The minimum Gasteiger partial charge on any atom is -0.485 e. The summed E-state index contributed by atoms with van der Waals surface area (Å²) in [5.41, 5.74) is 2.90. The quantitative estimate of drug-likeness (QED) is 0.243. The first-order valence-corrected chi connectivity index (χ1v) is 16.7. The summed E-state index contributed by atoms with van der Waals surface area (Å²) in [6.07, 6.45) is -0.0238. The highest BCUT2D eigenvalue weighted by Gasteiger charge is 2.52. The van der Waals surface area contributed by atoms with Crippen molar-refractivity contribution in [2.45, 2.75) is 83.3 Å². The number of piperidine rings is 1. The first-order chi connectivity index (χ1) is 23.1. The third-order valence-electron chi connectivity index (χ3n) is 10.0. The van der Waals surface area contributed by atoms with Gasteiger partial charge in [0.2, 0.25) is 6.29 Å². The number of carbonyl (C=O) groups excluding carboxylic acids is 1. The van der Waals surface area contributed by atoms with Crippen molar-refractivity contribution in [1.29, 1.82) is 0 Å². The minimum atomic E-state index is -1.50. The Morgan fingerprint density at radius 1 is 0.896 bits per heavy atom. The number of rotatable bonds is 14. The average Bonchev–Trinajstić information content (AvgIpc) is 3.05. The van der Waals surface area contributed by atoms with Gasteiger partial charge in [-0.2, -0.15) is 0 Å². The lowest BCUT2D eigenvalue weighted by molar-refractivity contribution is -0.234. The number of hydrogen-bond donors (Lipinski definition) is 3. The van der Waals surface area contributed by atoms with Gasteiger partial charge in [0.05, 0.1) is 20.0 Å². The molecule has 0 aromatic heterocycles. The molecule has 12 nitrogen and oxygen atoms in total. The van der Waals surface area contributed by atoms with Gasteiger partial charge in [-0.25, -0.2) is 4.79 Å². The summed E-state index contributed by atoms with van der Waals surface area (Å²) in [6.45, 7) is 4.47. The minimum absolute atomic E-state index is 0.226. The fraction of sp³-hybridized carbons (Fsp3) is 0.556. The molecule has 2 saturated heterocycles. The molecule has 48 heavy (non-hydrogen) atoms. The number of carboxylic acid groups (broad SMARTS) is 3. The third kappa shape index (κ3) is 8.10. The van der Waals surface area contributed by atoms with E-state index in [2.05, 4.69) is 11.8 Å². The Morgan fingerprint density at radius 2 is 1.58 bits per heavy atom. The van der Waals surface area contributed by atoms with Crippen LogP contribution in [0.2, 0.25) is 0 Å². The van der Waals surface area contributed by atoms with E-state index in [1.165, 1.54) is 0 Å². The highest BCUT2D eigenvalue weighted by Crippen LogP contribution is 2.47. The van der Waals surface area contributed by atoms with Gasteiger partial charge in [-0.1, -0.05) is 43.3 Å².